The maximum absolute atomic E-state index is 12.7. The van der Waals surface area contributed by atoms with Gasteiger partial charge in [0.05, 0.1) is 11.9 Å². The average Bonchev–Trinajstić information content (AvgIpc) is 2.74. The Kier molecular flexibility index (Phi) is 3.35. The van der Waals surface area contributed by atoms with Gasteiger partial charge in [-0.15, -0.1) is 0 Å². The van der Waals surface area contributed by atoms with E-state index in [0.29, 0.717) is 18.8 Å². The van der Waals surface area contributed by atoms with Crippen LogP contribution < -0.4 is 0 Å². The summed E-state index contributed by atoms with van der Waals surface area (Å²) in [6.07, 6.45) is 3.15. The van der Waals surface area contributed by atoms with Crippen LogP contribution in [0.5, 0.6) is 0 Å². The van der Waals surface area contributed by atoms with Crippen molar-refractivity contribution in [2.24, 2.45) is 0 Å². The Balaban J connectivity index is 1.98. The smallest absolute Gasteiger partial charge is 0.246 e. The lowest BCUT2D eigenvalue weighted by Gasteiger charge is -2.20. The Morgan fingerprint density at radius 2 is 2.00 bits per heavy atom. The molecule has 0 saturated carbocycles. The Labute approximate surface area is 118 Å². The van der Waals surface area contributed by atoms with Gasteiger partial charge in [0.25, 0.3) is 0 Å². The van der Waals surface area contributed by atoms with Crippen LogP contribution >= 0.6 is 0 Å². The van der Waals surface area contributed by atoms with Crippen molar-refractivity contribution in [3.05, 3.63) is 47.3 Å². The van der Waals surface area contributed by atoms with Crippen molar-refractivity contribution in [2.75, 3.05) is 6.54 Å². The summed E-state index contributed by atoms with van der Waals surface area (Å²) in [5, 5.41) is 6.51. The molecule has 0 fully saturated rings. The second-order valence-electron chi connectivity index (χ2n) is 5.07. The number of sulfonamides is 1. The van der Waals surface area contributed by atoms with Gasteiger partial charge >= 0.3 is 0 Å². The molecule has 106 valence electrons. The molecule has 1 aromatic carbocycles. The van der Waals surface area contributed by atoms with Gasteiger partial charge in [-0.05, 0) is 30.9 Å². The zero-order valence-corrected chi connectivity index (χ0v) is 12.2. The number of nitrogens with one attached hydrogen (secondary N) is 1. The number of H-pyrrole nitrogens is 1. The van der Waals surface area contributed by atoms with Gasteiger partial charge in [0, 0.05) is 13.1 Å². The van der Waals surface area contributed by atoms with Crippen molar-refractivity contribution < 1.29 is 8.42 Å². The number of aromatic amines is 1. The van der Waals surface area contributed by atoms with Crippen molar-refractivity contribution in [3.8, 4) is 0 Å². The largest absolute Gasteiger partial charge is 0.281 e. The summed E-state index contributed by atoms with van der Waals surface area (Å²) in [6.45, 7) is 2.70. The SMILES string of the molecule is Cc1[nH]ncc1S(=O)(=O)N1CCCc2ccccc2C1. The quantitative estimate of drug-likeness (QED) is 0.918. The maximum Gasteiger partial charge on any atom is 0.246 e. The Morgan fingerprint density at radius 1 is 1.25 bits per heavy atom. The lowest BCUT2D eigenvalue weighted by molar-refractivity contribution is 0.410. The van der Waals surface area contributed by atoms with Crippen LogP contribution in [0.15, 0.2) is 35.4 Å². The fourth-order valence-electron chi connectivity index (χ4n) is 2.61. The van der Waals surface area contributed by atoms with E-state index >= 15 is 0 Å². The van der Waals surface area contributed by atoms with E-state index in [1.165, 1.54) is 11.8 Å². The molecule has 1 aliphatic rings. The molecule has 0 aliphatic carbocycles. The van der Waals surface area contributed by atoms with Crippen LogP contribution in [0.25, 0.3) is 0 Å². The van der Waals surface area contributed by atoms with Gasteiger partial charge in [0.15, 0.2) is 0 Å². The van der Waals surface area contributed by atoms with Crippen LogP contribution in [0.1, 0.15) is 23.2 Å². The highest BCUT2D eigenvalue weighted by Gasteiger charge is 2.29. The molecule has 0 spiro atoms. The molecule has 1 aliphatic heterocycles. The van der Waals surface area contributed by atoms with E-state index in [4.69, 9.17) is 0 Å². The predicted molar refractivity (Wildman–Crippen MR) is 75.7 cm³/mol. The van der Waals surface area contributed by atoms with Gasteiger partial charge in [-0.3, -0.25) is 5.10 Å². The van der Waals surface area contributed by atoms with Crippen molar-refractivity contribution in [1.29, 1.82) is 0 Å². The monoisotopic (exact) mass is 291 g/mol. The maximum atomic E-state index is 12.7. The van der Waals surface area contributed by atoms with Crippen LogP contribution in [0.3, 0.4) is 0 Å². The van der Waals surface area contributed by atoms with E-state index in [9.17, 15) is 8.42 Å². The molecule has 20 heavy (non-hydrogen) atoms. The number of fused-ring (bicyclic) bond motifs is 1. The first-order chi connectivity index (χ1) is 9.59. The van der Waals surface area contributed by atoms with Gasteiger partial charge in [-0.1, -0.05) is 24.3 Å². The Bertz CT molecular complexity index is 722. The first-order valence-electron chi connectivity index (χ1n) is 6.66. The van der Waals surface area contributed by atoms with Crippen molar-refractivity contribution >= 4 is 10.0 Å². The summed E-state index contributed by atoms with van der Waals surface area (Å²) < 4.78 is 26.9. The number of benzene rings is 1. The summed E-state index contributed by atoms with van der Waals surface area (Å²) >= 11 is 0. The third kappa shape index (κ3) is 2.25. The van der Waals surface area contributed by atoms with Gasteiger partial charge < -0.3 is 0 Å². The molecule has 2 aromatic rings. The van der Waals surface area contributed by atoms with Crippen LogP contribution in [0, 0.1) is 6.92 Å². The molecule has 0 unspecified atom stereocenters. The molecular weight excluding hydrogens is 274 g/mol. The fraction of sp³-hybridized carbons (Fsp3) is 0.357. The van der Waals surface area contributed by atoms with Crippen molar-refractivity contribution in [3.63, 3.8) is 0 Å². The van der Waals surface area contributed by atoms with Crippen LogP contribution in [0.2, 0.25) is 0 Å². The lowest BCUT2D eigenvalue weighted by Crippen LogP contribution is -2.31. The second-order valence-corrected chi connectivity index (χ2v) is 6.98. The van der Waals surface area contributed by atoms with Crippen molar-refractivity contribution in [2.45, 2.75) is 31.2 Å². The molecule has 0 radical (unpaired) electrons. The van der Waals surface area contributed by atoms with Crippen LogP contribution in [0.4, 0.5) is 0 Å². The third-order valence-electron chi connectivity index (χ3n) is 3.72. The number of aromatic nitrogens is 2. The molecule has 5 nitrogen and oxygen atoms in total. The molecule has 3 rings (SSSR count). The molecule has 0 amide bonds. The number of rotatable bonds is 2. The summed E-state index contributed by atoms with van der Waals surface area (Å²) in [4.78, 5) is 0.275. The molecule has 0 saturated heterocycles. The Morgan fingerprint density at radius 3 is 2.70 bits per heavy atom. The zero-order valence-electron chi connectivity index (χ0n) is 11.3. The van der Waals surface area contributed by atoms with E-state index < -0.39 is 10.0 Å². The predicted octanol–water partition coefficient (Wildman–Crippen LogP) is 1.86. The highest BCUT2D eigenvalue weighted by atomic mass is 32.2. The van der Waals surface area contributed by atoms with E-state index in [1.54, 1.807) is 11.2 Å². The highest BCUT2D eigenvalue weighted by Crippen LogP contribution is 2.25. The highest BCUT2D eigenvalue weighted by molar-refractivity contribution is 7.89. The minimum absolute atomic E-state index is 0.275. The van der Waals surface area contributed by atoms with Crippen LogP contribution in [-0.4, -0.2) is 29.5 Å². The number of hydrogen-bond acceptors (Lipinski definition) is 3. The fourth-order valence-corrected chi connectivity index (χ4v) is 4.19. The number of hydrogen-bond donors (Lipinski definition) is 1. The van der Waals surface area contributed by atoms with Crippen LogP contribution in [-0.2, 0) is 23.0 Å². The molecule has 6 heteroatoms. The van der Waals surface area contributed by atoms with Crippen molar-refractivity contribution in [1.82, 2.24) is 14.5 Å². The van der Waals surface area contributed by atoms with E-state index in [1.807, 2.05) is 18.2 Å². The zero-order chi connectivity index (χ0) is 14.2. The summed E-state index contributed by atoms with van der Waals surface area (Å²) in [5.41, 5.74) is 2.92. The average molecular weight is 291 g/mol. The summed E-state index contributed by atoms with van der Waals surface area (Å²) in [6, 6.07) is 8.04. The number of nitrogens with zero attached hydrogens (tertiary/aromatic N) is 2. The molecule has 0 atom stereocenters. The molecule has 2 heterocycles. The summed E-state index contributed by atoms with van der Waals surface area (Å²) in [7, 11) is -3.48. The topological polar surface area (TPSA) is 66.1 Å². The van der Waals surface area contributed by atoms with E-state index in [0.717, 1.165) is 18.4 Å². The standard InChI is InChI=1S/C14H17N3O2S/c1-11-14(9-15-16-11)20(18,19)17-8-4-7-12-5-2-3-6-13(12)10-17/h2-3,5-6,9H,4,7-8,10H2,1H3,(H,15,16). The molecule has 0 bridgehead atoms. The first kappa shape index (κ1) is 13.3. The molecular formula is C14H17N3O2S. The first-order valence-corrected chi connectivity index (χ1v) is 8.10. The number of aryl methyl sites for hydroxylation is 2. The van der Waals surface area contributed by atoms with E-state index in [2.05, 4.69) is 16.3 Å². The minimum Gasteiger partial charge on any atom is -0.281 e. The van der Waals surface area contributed by atoms with Gasteiger partial charge in [-0.2, -0.15) is 9.40 Å². The Hall–Kier alpha value is -1.66. The summed E-state index contributed by atoms with van der Waals surface area (Å²) in [5.74, 6) is 0. The van der Waals surface area contributed by atoms with Gasteiger partial charge in [0.1, 0.15) is 4.90 Å². The second kappa shape index (κ2) is 5.03. The van der Waals surface area contributed by atoms with Gasteiger partial charge in [0.2, 0.25) is 10.0 Å². The normalized spacial score (nSPS) is 16.6. The third-order valence-corrected chi connectivity index (χ3v) is 5.68. The van der Waals surface area contributed by atoms with Gasteiger partial charge in [-0.25, -0.2) is 8.42 Å². The van der Waals surface area contributed by atoms with E-state index in [-0.39, 0.29) is 4.90 Å². The minimum atomic E-state index is -3.48. The molecule has 1 aromatic heterocycles. The lowest BCUT2D eigenvalue weighted by atomic mass is 10.0. The molecule has 1 N–H and O–H groups in total.